The minimum atomic E-state index is -0.504. The molecule has 0 bridgehead atoms. The number of nitrogens with one attached hydrogen (secondary N) is 1. The van der Waals surface area contributed by atoms with Crippen LogP contribution < -0.4 is 25.1 Å². The van der Waals surface area contributed by atoms with Crippen LogP contribution in [0.2, 0.25) is 0 Å². The van der Waals surface area contributed by atoms with E-state index in [1.165, 1.54) is 4.90 Å². The van der Waals surface area contributed by atoms with Crippen LogP contribution in [0.15, 0.2) is 39.5 Å². The first-order valence-electron chi connectivity index (χ1n) is 9.93. The topological polar surface area (TPSA) is 85.4 Å². The van der Waals surface area contributed by atoms with Crippen LogP contribution >= 0.6 is 0 Å². The molecule has 1 N–H and O–H groups in total. The van der Waals surface area contributed by atoms with Gasteiger partial charge in [0.1, 0.15) is 36.7 Å². The Bertz CT molecular complexity index is 1130. The molecule has 1 fully saturated rings. The molecule has 0 amide bonds. The predicted octanol–water partition coefficient (Wildman–Crippen LogP) is 1.27. The van der Waals surface area contributed by atoms with Gasteiger partial charge in [-0.15, -0.1) is 0 Å². The van der Waals surface area contributed by atoms with Crippen molar-refractivity contribution in [3.63, 3.8) is 0 Å². The van der Waals surface area contributed by atoms with Crippen LogP contribution in [-0.4, -0.2) is 40.5 Å². The molecular formula is C23H25NO6. The molecule has 1 aromatic heterocycles. The van der Waals surface area contributed by atoms with Crippen molar-refractivity contribution in [2.75, 3.05) is 40.5 Å². The van der Waals surface area contributed by atoms with Gasteiger partial charge in [0.2, 0.25) is 0 Å². The highest BCUT2D eigenvalue weighted by Crippen LogP contribution is 2.37. The number of quaternary nitrogens is 1. The third-order valence-corrected chi connectivity index (χ3v) is 5.70. The summed E-state index contributed by atoms with van der Waals surface area (Å²) in [5, 5.41) is 13.4. The summed E-state index contributed by atoms with van der Waals surface area (Å²) in [7, 11) is 3.12. The van der Waals surface area contributed by atoms with Gasteiger partial charge in [-0.25, -0.2) is 4.79 Å². The number of hydrogen-bond acceptors (Lipinski definition) is 6. The van der Waals surface area contributed by atoms with E-state index in [0.717, 1.165) is 24.0 Å². The Kier molecular flexibility index (Phi) is 5.65. The highest BCUT2D eigenvalue weighted by molar-refractivity contribution is 5.90. The zero-order valence-electron chi connectivity index (χ0n) is 17.4. The molecule has 0 aliphatic carbocycles. The fourth-order valence-corrected chi connectivity index (χ4v) is 4.03. The van der Waals surface area contributed by atoms with E-state index in [1.54, 1.807) is 44.6 Å². The zero-order valence-corrected chi connectivity index (χ0v) is 17.4. The molecule has 0 atom stereocenters. The molecule has 2 heterocycles. The highest BCUT2D eigenvalue weighted by Gasteiger charge is 2.22. The second-order valence-corrected chi connectivity index (χ2v) is 7.41. The number of rotatable bonds is 5. The Morgan fingerprint density at radius 3 is 2.57 bits per heavy atom. The fourth-order valence-electron chi connectivity index (χ4n) is 4.03. The first-order valence-corrected chi connectivity index (χ1v) is 9.93. The first kappa shape index (κ1) is 20.3. The zero-order chi connectivity index (χ0) is 21.3. The van der Waals surface area contributed by atoms with Crippen LogP contribution in [0.4, 0.5) is 0 Å². The van der Waals surface area contributed by atoms with Crippen LogP contribution in [0, 0.1) is 6.92 Å². The van der Waals surface area contributed by atoms with Crippen molar-refractivity contribution < 1.29 is 28.6 Å². The highest BCUT2D eigenvalue weighted by atomic mass is 16.5. The summed E-state index contributed by atoms with van der Waals surface area (Å²) in [6.07, 6.45) is 0. The van der Waals surface area contributed by atoms with Gasteiger partial charge in [-0.3, -0.25) is 0 Å². The van der Waals surface area contributed by atoms with Gasteiger partial charge >= 0.3 is 5.63 Å². The first-order chi connectivity index (χ1) is 14.5. The minimum Gasteiger partial charge on any atom is -0.872 e. The standard InChI is InChI=1S/C23H25NO6/c1-14-16-5-6-19(25)18(13-24-8-10-29-11-9-24)22(16)30-23(26)21(14)17-12-15(27-2)4-7-20(17)28-3/h4-7,12,25H,8-11,13H2,1-3H3. The number of hydrogen-bond donors (Lipinski definition) is 1. The van der Waals surface area contributed by atoms with Crippen molar-refractivity contribution in [2.24, 2.45) is 0 Å². The number of aryl methyl sites for hydroxylation is 1. The Labute approximate surface area is 174 Å². The number of morpholine rings is 1. The molecule has 1 aliphatic heterocycles. The molecular weight excluding hydrogens is 386 g/mol. The van der Waals surface area contributed by atoms with Gasteiger partial charge < -0.3 is 28.6 Å². The minimum absolute atomic E-state index is 0.115. The third-order valence-electron chi connectivity index (χ3n) is 5.70. The molecule has 0 saturated carbocycles. The van der Waals surface area contributed by atoms with Gasteiger partial charge in [-0.05, 0) is 30.7 Å². The summed E-state index contributed by atoms with van der Waals surface area (Å²) in [5.74, 6) is 1.04. The summed E-state index contributed by atoms with van der Waals surface area (Å²) in [6.45, 7) is 5.33. The van der Waals surface area contributed by atoms with Crippen molar-refractivity contribution in [3.8, 4) is 28.4 Å². The molecule has 0 spiro atoms. The van der Waals surface area contributed by atoms with Crippen molar-refractivity contribution in [3.05, 3.63) is 51.9 Å². The second-order valence-electron chi connectivity index (χ2n) is 7.41. The summed E-state index contributed by atoms with van der Waals surface area (Å²) in [5.41, 5.74) is 2.14. The van der Waals surface area contributed by atoms with Crippen LogP contribution in [0.3, 0.4) is 0 Å². The smallest absolute Gasteiger partial charge is 0.344 e. The molecule has 158 valence electrons. The van der Waals surface area contributed by atoms with Gasteiger partial charge in [-0.1, -0.05) is 17.9 Å². The monoisotopic (exact) mass is 411 g/mol. The lowest BCUT2D eigenvalue weighted by Crippen LogP contribution is -3.12. The van der Waals surface area contributed by atoms with Gasteiger partial charge in [0.05, 0.1) is 33.0 Å². The molecule has 1 saturated heterocycles. The molecule has 4 rings (SSSR count). The maximum absolute atomic E-state index is 13.1. The summed E-state index contributed by atoms with van der Waals surface area (Å²) >= 11 is 0. The molecule has 1 aliphatic rings. The van der Waals surface area contributed by atoms with E-state index in [0.29, 0.717) is 53.5 Å². The van der Waals surface area contributed by atoms with Crippen molar-refractivity contribution in [1.29, 1.82) is 0 Å². The van der Waals surface area contributed by atoms with Crippen LogP contribution in [-0.2, 0) is 11.3 Å². The SMILES string of the molecule is COc1ccc(OC)c(-c2c(C)c3ccc([O-])c(C[NH+]4CCOCC4)c3oc2=O)c1. The van der Waals surface area contributed by atoms with E-state index in [4.69, 9.17) is 18.6 Å². The molecule has 3 aromatic rings. The van der Waals surface area contributed by atoms with E-state index in [9.17, 15) is 9.90 Å². The summed E-state index contributed by atoms with van der Waals surface area (Å²) < 4.78 is 21.9. The Hall–Kier alpha value is -3.03. The maximum atomic E-state index is 13.1. The van der Waals surface area contributed by atoms with Gasteiger partial charge in [0.15, 0.2) is 0 Å². The Balaban J connectivity index is 1.89. The van der Waals surface area contributed by atoms with Crippen LogP contribution in [0.5, 0.6) is 17.2 Å². The molecule has 2 aromatic carbocycles. The lowest BCUT2D eigenvalue weighted by atomic mass is 9.97. The van der Waals surface area contributed by atoms with E-state index in [2.05, 4.69) is 0 Å². The van der Waals surface area contributed by atoms with Gasteiger partial charge in [0, 0.05) is 16.5 Å². The van der Waals surface area contributed by atoms with Crippen LogP contribution in [0.1, 0.15) is 11.1 Å². The Morgan fingerprint density at radius 1 is 1.10 bits per heavy atom. The van der Waals surface area contributed by atoms with E-state index < -0.39 is 5.63 Å². The average Bonchev–Trinajstić information content (AvgIpc) is 2.76. The molecule has 7 heteroatoms. The van der Waals surface area contributed by atoms with Gasteiger partial charge in [0.25, 0.3) is 0 Å². The second kappa shape index (κ2) is 8.38. The fraction of sp³-hybridized carbons (Fsp3) is 0.348. The number of fused-ring (bicyclic) bond motifs is 1. The van der Waals surface area contributed by atoms with E-state index >= 15 is 0 Å². The van der Waals surface area contributed by atoms with Gasteiger partial charge in [-0.2, -0.15) is 0 Å². The predicted molar refractivity (Wildman–Crippen MR) is 110 cm³/mol. The number of benzene rings is 2. The largest absolute Gasteiger partial charge is 0.872 e. The molecule has 7 nitrogen and oxygen atoms in total. The summed E-state index contributed by atoms with van der Waals surface area (Å²) in [6, 6.07) is 8.56. The average molecular weight is 411 g/mol. The van der Waals surface area contributed by atoms with Crippen molar-refractivity contribution in [1.82, 2.24) is 0 Å². The quantitative estimate of drug-likeness (QED) is 0.637. The molecule has 30 heavy (non-hydrogen) atoms. The molecule has 0 unspecified atom stereocenters. The van der Waals surface area contributed by atoms with Crippen molar-refractivity contribution in [2.45, 2.75) is 13.5 Å². The summed E-state index contributed by atoms with van der Waals surface area (Å²) in [4.78, 5) is 14.3. The normalized spacial score (nSPS) is 14.8. The number of ether oxygens (including phenoxy) is 3. The number of methoxy groups -OCH3 is 2. The lowest BCUT2D eigenvalue weighted by molar-refractivity contribution is -0.921. The maximum Gasteiger partial charge on any atom is 0.344 e. The van der Waals surface area contributed by atoms with Crippen LogP contribution in [0.25, 0.3) is 22.1 Å². The third kappa shape index (κ3) is 3.62. The molecule has 0 radical (unpaired) electrons. The van der Waals surface area contributed by atoms with E-state index in [1.807, 2.05) is 6.92 Å². The van der Waals surface area contributed by atoms with Crippen molar-refractivity contribution >= 4 is 11.0 Å². The Morgan fingerprint density at radius 2 is 1.87 bits per heavy atom. The lowest BCUT2D eigenvalue weighted by Gasteiger charge is -2.26. The van der Waals surface area contributed by atoms with E-state index in [-0.39, 0.29) is 5.75 Å².